The SMILES string of the molecule is CN1CCN(C2(C)C=CC(OC(F)(F)F)=C(Nc3ncc4ccc5c(C(=O)O)cn(C)c5c4n3)C2)CC1. The molecule has 37 heavy (non-hydrogen) atoms. The molecule has 2 aromatic heterocycles. The van der Waals surface area contributed by atoms with E-state index in [1.54, 1.807) is 36.0 Å². The van der Waals surface area contributed by atoms with Crippen molar-refractivity contribution < 1.29 is 27.8 Å². The highest BCUT2D eigenvalue weighted by Gasteiger charge is 2.39. The first-order valence-electron chi connectivity index (χ1n) is 11.8. The van der Waals surface area contributed by atoms with Crippen LogP contribution in [-0.4, -0.2) is 80.5 Å². The van der Waals surface area contributed by atoms with Gasteiger partial charge in [-0.05, 0) is 20.0 Å². The van der Waals surface area contributed by atoms with Crippen molar-refractivity contribution in [2.75, 3.05) is 38.5 Å². The van der Waals surface area contributed by atoms with Gasteiger partial charge in [-0.1, -0.05) is 18.2 Å². The van der Waals surface area contributed by atoms with Crippen LogP contribution in [0.1, 0.15) is 23.7 Å². The number of hydrogen-bond donors (Lipinski definition) is 2. The fourth-order valence-corrected chi connectivity index (χ4v) is 5.07. The molecule has 12 heteroatoms. The molecule has 0 amide bonds. The molecule has 1 saturated heterocycles. The number of aromatic nitrogens is 3. The van der Waals surface area contributed by atoms with E-state index in [0.29, 0.717) is 21.8 Å². The van der Waals surface area contributed by atoms with Gasteiger partial charge < -0.3 is 24.6 Å². The minimum Gasteiger partial charge on any atom is -0.478 e. The molecule has 3 aromatic rings. The number of nitrogens with zero attached hydrogens (tertiary/aromatic N) is 5. The first-order chi connectivity index (χ1) is 17.4. The molecule has 1 aliphatic heterocycles. The Bertz CT molecular complexity index is 1440. The summed E-state index contributed by atoms with van der Waals surface area (Å²) in [5, 5.41) is 13.7. The third-order valence-corrected chi connectivity index (χ3v) is 7.06. The number of fused-ring (bicyclic) bond motifs is 3. The molecule has 5 rings (SSSR count). The Morgan fingerprint density at radius 3 is 2.59 bits per heavy atom. The van der Waals surface area contributed by atoms with Crippen molar-refractivity contribution in [2.45, 2.75) is 25.2 Å². The lowest BCUT2D eigenvalue weighted by Crippen LogP contribution is -2.55. The first-order valence-corrected chi connectivity index (χ1v) is 11.8. The van der Waals surface area contributed by atoms with E-state index in [4.69, 9.17) is 0 Å². The van der Waals surface area contributed by atoms with Crippen molar-refractivity contribution in [1.29, 1.82) is 0 Å². The number of rotatable bonds is 5. The smallest absolute Gasteiger partial charge is 0.478 e. The number of piperazine rings is 1. The number of alkyl halides is 3. The van der Waals surface area contributed by atoms with Gasteiger partial charge in [-0.3, -0.25) is 4.90 Å². The number of carbonyl (C=O) groups is 1. The number of allylic oxidation sites excluding steroid dienone is 1. The van der Waals surface area contributed by atoms with Crippen molar-refractivity contribution in [2.24, 2.45) is 7.05 Å². The van der Waals surface area contributed by atoms with Crippen LogP contribution in [-0.2, 0) is 11.8 Å². The zero-order chi connectivity index (χ0) is 26.5. The Balaban J connectivity index is 1.53. The maximum atomic E-state index is 13.2. The lowest BCUT2D eigenvalue weighted by atomic mass is 9.88. The quantitative estimate of drug-likeness (QED) is 0.527. The summed E-state index contributed by atoms with van der Waals surface area (Å²) in [6.45, 7) is 5.28. The second-order valence-electron chi connectivity index (χ2n) is 9.73. The van der Waals surface area contributed by atoms with Gasteiger partial charge in [0.15, 0.2) is 0 Å². The molecule has 0 spiro atoms. The number of hydrogen-bond acceptors (Lipinski definition) is 7. The number of likely N-dealkylation sites (N-methyl/N-ethyl adjacent to an activating group) is 1. The molecule has 1 aromatic carbocycles. The average Bonchev–Trinajstić information content (AvgIpc) is 3.18. The van der Waals surface area contributed by atoms with Crippen LogP contribution < -0.4 is 5.32 Å². The van der Waals surface area contributed by atoms with E-state index < -0.39 is 17.9 Å². The van der Waals surface area contributed by atoms with Crippen LogP contribution in [0.5, 0.6) is 0 Å². The van der Waals surface area contributed by atoms with Gasteiger partial charge in [0.25, 0.3) is 0 Å². The van der Waals surface area contributed by atoms with Crippen molar-refractivity contribution >= 4 is 33.7 Å². The number of carboxylic acid groups (broad SMARTS) is 1. The van der Waals surface area contributed by atoms with E-state index >= 15 is 0 Å². The summed E-state index contributed by atoms with van der Waals surface area (Å²) < 4.78 is 45.7. The fraction of sp³-hybridized carbons (Fsp3) is 0.400. The van der Waals surface area contributed by atoms with E-state index in [9.17, 15) is 23.1 Å². The molecule has 2 N–H and O–H groups in total. The molecular weight excluding hydrogens is 489 g/mol. The molecule has 0 saturated carbocycles. The Morgan fingerprint density at radius 2 is 1.92 bits per heavy atom. The number of nitrogens with one attached hydrogen (secondary N) is 1. The van der Waals surface area contributed by atoms with Crippen LogP contribution in [0.15, 0.2) is 48.1 Å². The molecule has 1 fully saturated rings. The molecule has 1 atom stereocenters. The summed E-state index contributed by atoms with van der Waals surface area (Å²) in [4.78, 5) is 25.0. The predicted molar refractivity (Wildman–Crippen MR) is 132 cm³/mol. The van der Waals surface area contributed by atoms with Crippen LogP contribution >= 0.6 is 0 Å². The number of halogens is 3. The van der Waals surface area contributed by atoms with E-state index in [2.05, 4.69) is 29.8 Å². The zero-order valence-corrected chi connectivity index (χ0v) is 20.6. The minimum atomic E-state index is -4.86. The van der Waals surface area contributed by atoms with Gasteiger partial charge in [0, 0.05) is 68.4 Å². The standard InChI is InChI=1S/C25H27F3N6O3/c1-24(34-10-8-32(2)9-11-34)7-6-19(37-25(26,27)28)18(12-24)30-23-29-13-15-4-5-16-17(22(35)36)14-33(3)21(16)20(15)31-23/h4-7,13-14H,8-12H2,1-3H3,(H,35,36)(H,29,30,31). The highest BCUT2D eigenvalue weighted by molar-refractivity contribution is 6.11. The Morgan fingerprint density at radius 1 is 1.19 bits per heavy atom. The van der Waals surface area contributed by atoms with Crippen LogP contribution in [0.3, 0.4) is 0 Å². The average molecular weight is 517 g/mol. The van der Waals surface area contributed by atoms with E-state index in [1.807, 2.05) is 14.0 Å². The number of ether oxygens (including phenoxy) is 1. The fourth-order valence-electron chi connectivity index (χ4n) is 5.07. The highest BCUT2D eigenvalue weighted by Crippen LogP contribution is 2.36. The van der Waals surface area contributed by atoms with Gasteiger partial charge in [-0.2, -0.15) is 0 Å². The molecule has 3 heterocycles. The molecule has 1 unspecified atom stereocenters. The van der Waals surface area contributed by atoms with Crippen molar-refractivity contribution in [3.05, 3.63) is 53.7 Å². The molecule has 1 aliphatic carbocycles. The summed E-state index contributed by atoms with van der Waals surface area (Å²) in [6.07, 6.45) is 1.55. The van der Waals surface area contributed by atoms with Gasteiger partial charge in [-0.25, -0.2) is 14.8 Å². The lowest BCUT2D eigenvalue weighted by molar-refractivity contribution is -0.304. The molecule has 2 aliphatic rings. The van der Waals surface area contributed by atoms with Crippen molar-refractivity contribution in [3.63, 3.8) is 0 Å². The molecule has 0 bridgehead atoms. The summed E-state index contributed by atoms with van der Waals surface area (Å²) in [5.74, 6) is -1.31. The van der Waals surface area contributed by atoms with Crippen LogP contribution in [0.25, 0.3) is 21.8 Å². The molecule has 0 radical (unpaired) electrons. The summed E-state index contributed by atoms with van der Waals surface area (Å²) in [7, 11) is 3.76. The van der Waals surface area contributed by atoms with Crippen LogP contribution in [0, 0.1) is 0 Å². The maximum absolute atomic E-state index is 13.2. The summed E-state index contributed by atoms with van der Waals surface area (Å²) >= 11 is 0. The second kappa shape index (κ2) is 9.03. The van der Waals surface area contributed by atoms with E-state index in [1.165, 1.54) is 12.3 Å². The Kier molecular flexibility index (Phi) is 6.11. The van der Waals surface area contributed by atoms with Crippen molar-refractivity contribution in [3.8, 4) is 0 Å². The third kappa shape index (κ3) is 4.86. The molecule has 9 nitrogen and oxygen atoms in total. The summed E-state index contributed by atoms with van der Waals surface area (Å²) in [6, 6.07) is 3.42. The molecular formula is C25H27F3N6O3. The highest BCUT2D eigenvalue weighted by atomic mass is 19.4. The largest absolute Gasteiger partial charge is 0.573 e. The van der Waals surface area contributed by atoms with Crippen molar-refractivity contribution in [1.82, 2.24) is 24.3 Å². The van der Waals surface area contributed by atoms with E-state index in [-0.39, 0.29) is 29.4 Å². The second-order valence-corrected chi connectivity index (χ2v) is 9.73. The predicted octanol–water partition coefficient (Wildman–Crippen LogP) is 3.95. The molecule has 196 valence electrons. The maximum Gasteiger partial charge on any atom is 0.573 e. The minimum absolute atomic E-state index is 0.0902. The number of anilines is 1. The van der Waals surface area contributed by atoms with Gasteiger partial charge in [0.1, 0.15) is 11.3 Å². The first kappa shape index (κ1) is 25.0. The number of aryl methyl sites for hydroxylation is 1. The number of benzene rings is 1. The normalized spacial score (nSPS) is 21.7. The number of carboxylic acids is 1. The van der Waals surface area contributed by atoms with Gasteiger partial charge in [0.05, 0.1) is 16.8 Å². The Labute approximate surface area is 210 Å². The third-order valence-electron chi connectivity index (χ3n) is 7.06. The van der Waals surface area contributed by atoms with Gasteiger partial charge >= 0.3 is 12.3 Å². The van der Waals surface area contributed by atoms with Crippen LogP contribution in [0.4, 0.5) is 19.1 Å². The van der Waals surface area contributed by atoms with Gasteiger partial charge in [0.2, 0.25) is 5.95 Å². The number of aromatic carboxylic acids is 1. The lowest BCUT2D eigenvalue weighted by Gasteiger charge is -2.45. The topological polar surface area (TPSA) is 95.8 Å². The van der Waals surface area contributed by atoms with Crippen LogP contribution in [0.2, 0.25) is 0 Å². The Hall–Kier alpha value is -3.64. The van der Waals surface area contributed by atoms with E-state index in [0.717, 1.165) is 26.2 Å². The summed E-state index contributed by atoms with van der Waals surface area (Å²) in [5.41, 5.74) is 0.895. The van der Waals surface area contributed by atoms with Gasteiger partial charge in [-0.15, -0.1) is 13.2 Å². The zero-order valence-electron chi connectivity index (χ0n) is 20.6. The monoisotopic (exact) mass is 516 g/mol.